The van der Waals surface area contributed by atoms with E-state index < -0.39 is 6.10 Å². The summed E-state index contributed by atoms with van der Waals surface area (Å²) in [5, 5.41) is 13.3. The Hall–Kier alpha value is -1.88. The van der Waals surface area contributed by atoms with Gasteiger partial charge in [0.2, 0.25) is 5.88 Å². The molecule has 0 aromatic carbocycles. The van der Waals surface area contributed by atoms with Crippen molar-refractivity contribution in [2.45, 2.75) is 13.0 Å². The fourth-order valence-corrected chi connectivity index (χ4v) is 1.27. The fourth-order valence-electron chi connectivity index (χ4n) is 1.27. The predicted molar refractivity (Wildman–Crippen MR) is 58.2 cm³/mol. The number of nitrogens with zero attached hydrogens (tertiary/aromatic N) is 3. The maximum atomic E-state index is 9.31. The molecule has 0 radical (unpaired) electrons. The summed E-state index contributed by atoms with van der Waals surface area (Å²) in [6, 6.07) is 3.50. The molecule has 2 heterocycles. The van der Waals surface area contributed by atoms with Gasteiger partial charge in [0.25, 0.3) is 0 Å². The summed E-state index contributed by atoms with van der Waals surface area (Å²) in [7, 11) is 1.82. The molecule has 2 aromatic rings. The molecule has 84 valence electrons. The largest absolute Gasteiger partial charge is 0.436 e. The van der Waals surface area contributed by atoms with Crippen LogP contribution in [0.15, 0.2) is 30.7 Å². The highest BCUT2D eigenvalue weighted by Gasteiger charge is 2.03. The summed E-state index contributed by atoms with van der Waals surface area (Å²) in [4.78, 5) is 4.09. The minimum absolute atomic E-state index is 0.484. The lowest BCUT2D eigenvalue weighted by Crippen LogP contribution is -1.93. The van der Waals surface area contributed by atoms with Crippen molar-refractivity contribution >= 4 is 0 Å². The normalized spacial score (nSPS) is 12.4. The maximum Gasteiger partial charge on any atom is 0.219 e. The van der Waals surface area contributed by atoms with Gasteiger partial charge in [-0.3, -0.25) is 4.68 Å². The SMILES string of the molecule is CC(O)c1ccc(Oc2cnn(C)c2)nc1. The van der Waals surface area contributed by atoms with Crippen LogP contribution in [-0.2, 0) is 7.05 Å². The van der Waals surface area contributed by atoms with Crippen LogP contribution in [-0.4, -0.2) is 19.9 Å². The van der Waals surface area contributed by atoms with Gasteiger partial charge in [-0.15, -0.1) is 0 Å². The first kappa shape index (κ1) is 10.6. The van der Waals surface area contributed by atoms with Crippen LogP contribution in [0, 0.1) is 0 Å². The Morgan fingerprint density at radius 2 is 2.19 bits per heavy atom. The molecule has 5 heteroatoms. The molecule has 0 saturated carbocycles. The Bertz CT molecular complexity index is 462. The summed E-state index contributed by atoms with van der Waals surface area (Å²) in [6.45, 7) is 1.69. The van der Waals surface area contributed by atoms with E-state index in [9.17, 15) is 5.11 Å². The molecule has 16 heavy (non-hydrogen) atoms. The minimum atomic E-state index is -0.514. The van der Waals surface area contributed by atoms with Gasteiger partial charge < -0.3 is 9.84 Å². The summed E-state index contributed by atoms with van der Waals surface area (Å²) in [5.41, 5.74) is 0.763. The van der Waals surface area contributed by atoms with Crippen LogP contribution in [0.25, 0.3) is 0 Å². The Kier molecular flexibility index (Phi) is 2.87. The molecule has 0 aliphatic carbocycles. The lowest BCUT2D eigenvalue weighted by atomic mass is 10.2. The molecule has 0 aliphatic heterocycles. The Balaban J connectivity index is 2.11. The molecule has 0 amide bonds. The molecule has 0 bridgehead atoms. The lowest BCUT2D eigenvalue weighted by Gasteiger charge is -2.05. The average molecular weight is 219 g/mol. The van der Waals surface area contributed by atoms with Crippen molar-refractivity contribution in [3.05, 3.63) is 36.3 Å². The molecular formula is C11H13N3O2. The van der Waals surface area contributed by atoms with E-state index in [0.29, 0.717) is 11.6 Å². The molecule has 1 N–H and O–H groups in total. The van der Waals surface area contributed by atoms with E-state index in [1.54, 1.807) is 42.3 Å². The number of hydrogen-bond donors (Lipinski definition) is 1. The number of aromatic nitrogens is 3. The van der Waals surface area contributed by atoms with Crippen molar-refractivity contribution in [1.29, 1.82) is 0 Å². The number of rotatable bonds is 3. The van der Waals surface area contributed by atoms with Crippen LogP contribution in [0.5, 0.6) is 11.6 Å². The zero-order chi connectivity index (χ0) is 11.5. The molecule has 1 atom stereocenters. The van der Waals surface area contributed by atoms with Crippen LogP contribution in [0.2, 0.25) is 0 Å². The van der Waals surface area contributed by atoms with Crippen molar-refractivity contribution in [3.8, 4) is 11.6 Å². The second kappa shape index (κ2) is 4.32. The molecule has 2 rings (SSSR count). The number of pyridine rings is 1. The molecule has 0 spiro atoms. The maximum absolute atomic E-state index is 9.31. The standard InChI is InChI=1S/C11H13N3O2/c1-8(15)9-3-4-11(12-5-9)16-10-6-13-14(2)7-10/h3-8,15H,1-2H3. The lowest BCUT2D eigenvalue weighted by molar-refractivity contribution is 0.198. The van der Waals surface area contributed by atoms with Gasteiger partial charge in [0, 0.05) is 19.3 Å². The highest BCUT2D eigenvalue weighted by molar-refractivity contribution is 5.24. The van der Waals surface area contributed by atoms with Crippen molar-refractivity contribution in [2.24, 2.45) is 7.05 Å². The first-order chi connectivity index (χ1) is 7.65. The van der Waals surface area contributed by atoms with Crippen molar-refractivity contribution in [3.63, 3.8) is 0 Å². The summed E-state index contributed by atoms with van der Waals surface area (Å²) in [6.07, 6.45) is 4.45. The van der Waals surface area contributed by atoms with E-state index in [2.05, 4.69) is 10.1 Å². The first-order valence-corrected chi connectivity index (χ1v) is 4.95. The highest BCUT2D eigenvalue weighted by Crippen LogP contribution is 2.19. The Labute approximate surface area is 93.3 Å². The van der Waals surface area contributed by atoms with Crippen molar-refractivity contribution < 1.29 is 9.84 Å². The van der Waals surface area contributed by atoms with Gasteiger partial charge in [0.1, 0.15) is 0 Å². The van der Waals surface area contributed by atoms with Crippen LogP contribution in [0.3, 0.4) is 0 Å². The molecule has 1 unspecified atom stereocenters. The summed E-state index contributed by atoms with van der Waals surface area (Å²) >= 11 is 0. The zero-order valence-electron chi connectivity index (χ0n) is 9.16. The smallest absolute Gasteiger partial charge is 0.219 e. The third-order valence-corrected chi connectivity index (χ3v) is 2.15. The molecule has 0 aliphatic rings. The van der Waals surface area contributed by atoms with Gasteiger partial charge in [0.05, 0.1) is 18.5 Å². The highest BCUT2D eigenvalue weighted by atomic mass is 16.5. The zero-order valence-corrected chi connectivity index (χ0v) is 9.16. The van der Waals surface area contributed by atoms with E-state index in [-0.39, 0.29) is 0 Å². The third-order valence-electron chi connectivity index (χ3n) is 2.15. The van der Waals surface area contributed by atoms with Gasteiger partial charge in [-0.25, -0.2) is 4.98 Å². The van der Waals surface area contributed by atoms with E-state index in [4.69, 9.17) is 4.74 Å². The summed E-state index contributed by atoms with van der Waals surface area (Å²) < 4.78 is 7.11. The average Bonchev–Trinajstić information content (AvgIpc) is 2.65. The number of aliphatic hydroxyl groups is 1. The summed E-state index contributed by atoms with van der Waals surface area (Å²) in [5.74, 6) is 1.12. The topological polar surface area (TPSA) is 60.2 Å². The molecule has 0 fully saturated rings. The minimum Gasteiger partial charge on any atom is -0.436 e. The molecule has 0 saturated heterocycles. The fraction of sp³-hybridized carbons (Fsp3) is 0.273. The van der Waals surface area contributed by atoms with E-state index >= 15 is 0 Å². The molecular weight excluding hydrogens is 206 g/mol. The van der Waals surface area contributed by atoms with Gasteiger partial charge in [0.15, 0.2) is 5.75 Å². The monoisotopic (exact) mass is 219 g/mol. The van der Waals surface area contributed by atoms with Gasteiger partial charge >= 0.3 is 0 Å². The van der Waals surface area contributed by atoms with Crippen LogP contribution >= 0.6 is 0 Å². The second-order valence-corrected chi connectivity index (χ2v) is 3.56. The number of aryl methyl sites for hydroxylation is 1. The van der Waals surface area contributed by atoms with E-state index in [1.807, 2.05) is 7.05 Å². The second-order valence-electron chi connectivity index (χ2n) is 3.56. The van der Waals surface area contributed by atoms with Crippen LogP contribution in [0.1, 0.15) is 18.6 Å². The van der Waals surface area contributed by atoms with Crippen LogP contribution < -0.4 is 4.74 Å². The van der Waals surface area contributed by atoms with E-state index in [1.165, 1.54) is 0 Å². The molecule has 5 nitrogen and oxygen atoms in total. The van der Waals surface area contributed by atoms with Crippen molar-refractivity contribution in [2.75, 3.05) is 0 Å². The van der Waals surface area contributed by atoms with Gasteiger partial charge in [-0.1, -0.05) is 0 Å². The van der Waals surface area contributed by atoms with Crippen LogP contribution in [0.4, 0.5) is 0 Å². The third kappa shape index (κ3) is 2.38. The number of aliphatic hydroxyl groups excluding tert-OH is 1. The van der Waals surface area contributed by atoms with E-state index in [0.717, 1.165) is 5.56 Å². The van der Waals surface area contributed by atoms with Gasteiger partial charge in [-0.2, -0.15) is 5.10 Å². The van der Waals surface area contributed by atoms with Gasteiger partial charge in [-0.05, 0) is 18.6 Å². The Morgan fingerprint density at radius 1 is 1.38 bits per heavy atom. The number of hydrogen-bond acceptors (Lipinski definition) is 4. The quantitative estimate of drug-likeness (QED) is 0.852. The predicted octanol–water partition coefficient (Wildman–Crippen LogP) is 1.66. The van der Waals surface area contributed by atoms with Crippen molar-refractivity contribution in [1.82, 2.24) is 14.8 Å². The molecule has 2 aromatic heterocycles. The Morgan fingerprint density at radius 3 is 2.69 bits per heavy atom. The number of ether oxygens (including phenoxy) is 1. The first-order valence-electron chi connectivity index (χ1n) is 4.95.